The first kappa shape index (κ1) is 23.4. The van der Waals surface area contributed by atoms with Gasteiger partial charge in [-0.3, -0.25) is 4.79 Å². The minimum Gasteiger partial charge on any atom is -0.486 e. The van der Waals surface area contributed by atoms with Crippen LogP contribution in [0.2, 0.25) is 15.1 Å². The maximum Gasteiger partial charge on any atom is 0.250 e. The van der Waals surface area contributed by atoms with E-state index in [1.807, 2.05) is 12.1 Å². The number of hydrazone groups is 1. The highest BCUT2D eigenvalue weighted by Crippen LogP contribution is 2.34. The largest absolute Gasteiger partial charge is 0.486 e. The molecule has 160 valence electrons. The van der Waals surface area contributed by atoms with Gasteiger partial charge in [0.2, 0.25) is 5.91 Å². The molecule has 0 radical (unpaired) electrons. The standard InChI is InChI=1S/C22H16Cl3FN2O2S/c23-16-4-6-18(7-5-16)31-13-21(29)28-27-11-15-9-19(24)22(20(25)10-15)30-12-14-2-1-3-17(26)8-14/h1-11H,12-13H2,(H,28,29)/b27-11-. The molecule has 0 fully saturated rings. The summed E-state index contributed by atoms with van der Waals surface area (Å²) >= 11 is 19.7. The number of carbonyl (C=O) groups excluding carboxylic acids is 1. The summed E-state index contributed by atoms with van der Waals surface area (Å²) in [6.07, 6.45) is 1.43. The van der Waals surface area contributed by atoms with Crippen LogP contribution in [0.4, 0.5) is 4.39 Å². The summed E-state index contributed by atoms with van der Waals surface area (Å²) in [6, 6.07) is 16.5. The molecule has 4 nitrogen and oxygen atoms in total. The van der Waals surface area contributed by atoms with Crippen LogP contribution >= 0.6 is 46.6 Å². The van der Waals surface area contributed by atoms with Crippen LogP contribution in [-0.4, -0.2) is 17.9 Å². The smallest absolute Gasteiger partial charge is 0.250 e. The van der Waals surface area contributed by atoms with E-state index in [0.717, 1.165) is 4.90 Å². The van der Waals surface area contributed by atoms with Crippen molar-refractivity contribution in [3.05, 3.63) is 92.7 Å². The normalized spacial score (nSPS) is 11.0. The number of ether oxygens (including phenoxy) is 1. The predicted molar refractivity (Wildman–Crippen MR) is 125 cm³/mol. The topological polar surface area (TPSA) is 50.7 Å². The molecule has 3 rings (SSSR count). The zero-order valence-electron chi connectivity index (χ0n) is 15.9. The zero-order valence-corrected chi connectivity index (χ0v) is 19.0. The van der Waals surface area contributed by atoms with Gasteiger partial charge in [0.1, 0.15) is 12.4 Å². The van der Waals surface area contributed by atoms with Crippen molar-refractivity contribution < 1.29 is 13.9 Å². The summed E-state index contributed by atoms with van der Waals surface area (Å²) < 4.78 is 18.9. The van der Waals surface area contributed by atoms with Crippen LogP contribution in [0.25, 0.3) is 0 Å². The summed E-state index contributed by atoms with van der Waals surface area (Å²) in [4.78, 5) is 12.9. The summed E-state index contributed by atoms with van der Waals surface area (Å²) in [5.74, 6) is -0.122. The van der Waals surface area contributed by atoms with Crippen molar-refractivity contribution in [1.82, 2.24) is 5.43 Å². The molecule has 0 spiro atoms. The van der Waals surface area contributed by atoms with E-state index in [1.54, 1.807) is 36.4 Å². The number of amides is 1. The molecule has 0 unspecified atom stereocenters. The molecule has 0 aromatic heterocycles. The lowest BCUT2D eigenvalue weighted by Crippen LogP contribution is -2.19. The minimum atomic E-state index is -0.349. The summed E-state index contributed by atoms with van der Waals surface area (Å²) in [7, 11) is 0. The molecule has 0 saturated carbocycles. The quantitative estimate of drug-likeness (QED) is 0.216. The molecule has 31 heavy (non-hydrogen) atoms. The van der Waals surface area contributed by atoms with Crippen molar-refractivity contribution in [3.8, 4) is 5.75 Å². The van der Waals surface area contributed by atoms with Crippen molar-refractivity contribution in [3.63, 3.8) is 0 Å². The average Bonchev–Trinajstić information content (AvgIpc) is 2.73. The summed E-state index contributed by atoms with van der Waals surface area (Å²) in [5.41, 5.74) is 3.68. The molecular weight excluding hydrogens is 482 g/mol. The molecule has 3 aromatic rings. The maximum absolute atomic E-state index is 13.3. The monoisotopic (exact) mass is 496 g/mol. The fourth-order valence-electron chi connectivity index (χ4n) is 2.46. The highest BCUT2D eigenvalue weighted by molar-refractivity contribution is 8.00. The van der Waals surface area contributed by atoms with Crippen molar-refractivity contribution in [1.29, 1.82) is 0 Å². The molecule has 0 heterocycles. The molecule has 9 heteroatoms. The van der Waals surface area contributed by atoms with Crippen LogP contribution in [0.3, 0.4) is 0 Å². The van der Waals surface area contributed by atoms with Gasteiger partial charge in [-0.25, -0.2) is 9.82 Å². The van der Waals surface area contributed by atoms with Gasteiger partial charge in [0.25, 0.3) is 0 Å². The van der Waals surface area contributed by atoms with Crippen LogP contribution in [0.1, 0.15) is 11.1 Å². The summed E-state index contributed by atoms with van der Waals surface area (Å²) in [5, 5.41) is 5.11. The van der Waals surface area contributed by atoms with E-state index >= 15 is 0 Å². The van der Waals surface area contributed by atoms with Gasteiger partial charge in [0, 0.05) is 9.92 Å². The van der Waals surface area contributed by atoms with Crippen LogP contribution in [-0.2, 0) is 11.4 Å². The van der Waals surface area contributed by atoms with Gasteiger partial charge < -0.3 is 4.74 Å². The Kier molecular flexibility index (Phi) is 8.60. The molecule has 0 atom stereocenters. The maximum atomic E-state index is 13.3. The Bertz CT molecular complexity index is 1070. The van der Waals surface area contributed by atoms with Gasteiger partial charge in [-0.2, -0.15) is 5.10 Å². The highest BCUT2D eigenvalue weighted by Gasteiger charge is 2.10. The van der Waals surface area contributed by atoms with Crippen LogP contribution < -0.4 is 10.2 Å². The number of thioether (sulfide) groups is 1. The van der Waals surface area contributed by atoms with Gasteiger partial charge in [0.15, 0.2) is 5.75 Å². The third-order valence-corrected chi connectivity index (χ3v) is 5.70. The van der Waals surface area contributed by atoms with Gasteiger partial charge in [-0.15, -0.1) is 11.8 Å². The molecule has 0 bridgehead atoms. The highest BCUT2D eigenvalue weighted by atomic mass is 35.5. The van der Waals surface area contributed by atoms with E-state index < -0.39 is 0 Å². The van der Waals surface area contributed by atoms with E-state index in [1.165, 1.54) is 30.1 Å². The Morgan fingerprint density at radius 2 is 1.77 bits per heavy atom. The number of benzene rings is 3. The number of halogens is 4. The fraction of sp³-hybridized carbons (Fsp3) is 0.0909. The first-order chi connectivity index (χ1) is 14.9. The second kappa shape index (κ2) is 11.4. The number of hydrogen-bond acceptors (Lipinski definition) is 4. The van der Waals surface area contributed by atoms with Gasteiger partial charge in [-0.1, -0.05) is 46.9 Å². The molecule has 0 saturated heterocycles. The third kappa shape index (κ3) is 7.43. The minimum absolute atomic E-state index is 0.117. The fourth-order valence-corrected chi connectivity index (χ4v) is 3.89. The second-order valence-electron chi connectivity index (χ2n) is 6.27. The lowest BCUT2D eigenvalue weighted by molar-refractivity contribution is -0.118. The Hall–Kier alpha value is -2.25. The molecule has 0 aliphatic carbocycles. The van der Waals surface area contributed by atoms with Crippen molar-refractivity contribution in [2.45, 2.75) is 11.5 Å². The van der Waals surface area contributed by atoms with E-state index in [9.17, 15) is 9.18 Å². The zero-order chi connectivity index (χ0) is 22.2. The van der Waals surface area contributed by atoms with Gasteiger partial charge >= 0.3 is 0 Å². The Labute approximate surface area is 198 Å². The van der Waals surface area contributed by atoms with Gasteiger partial charge in [0.05, 0.1) is 22.0 Å². The average molecular weight is 498 g/mol. The molecule has 1 N–H and O–H groups in total. The SMILES string of the molecule is O=C(CSc1ccc(Cl)cc1)N/N=C\c1cc(Cl)c(OCc2cccc(F)c2)c(Cl)c1. The molecular formula is C22H16Cl3FN2O2S. The Morgan fingerprint density at radius 1 is 1.06 bits per heavy atom. The Morgan fingerprint density at radius 3 is 2.45 bits per heavy atom. The van der Waals surface area contributed by atoms with Crippen LogP contribution in [0.5, 0.6) is 5.75 Å². The lowest BCUT2D eigenvalue weighted by Gasteiger charge is -2.11. The van der Waals surface area contributed by atoms with E-state index in [4.69, 9.17) is 39.5 Å². The van der Waals surface area contributed by atoms with Crippen LogP contribution in [0.15, 0.2) is 70.7 Å². The first-order valence-electron chi connectivity index (χ1n) is 8.97. The lowest BCUT2D eigenvalue weighted by atomic mass is 10.2. The van der Waals surface area contributed by atoms with E-state index in [2.05, 4.69) is 10.5 Å². The number of carbonyl (C=O) groups is 1. The number of nitrogens with one attached hydrogen (secondary N) is 1. The molecule has 1 amide bonds. The second-order valence-corrected chi connectivity index (χ2v) is 8.57. The Balaban J connectivity index is 1.53. The molecule has 3 aromatic carbocycles. The van der Waals surface area contributed by atoms with Crippen molar-refractivity contribution in [2.75, 3.05) is 5.75 Å². The number of hydrogen-bond donors (Lipinski definition) is 1. The molecule has 0 aliphatic heterocycles. The van der Waals surface area contributed by atoms with E-state index in [0.29, 0.717) is 16.1 Å². The van der Waals surface area contributed by atoms with Crippen molar-refractivity contribution >= 4 is 58.7 Å². The summed E-state index contributed by atoms with van der Waals surface area (Å²) in [6.45, 7) is 0.117. The third-order valence-electron chi connectivity index (χ3n) is 3.88. The number of rotatable bonds is 8. The first-order valence-corrected chi connectivity index (χ1v) is 11.1. The predicted octanol–water partition coefficient (Wildman–Crippen LogP) is 6.61. The van der Waals surface area contributed by atoms with E-state index in [-0.39, 0.29) is 39.9 Å². The van der Waals surface area contributed by atoms with Gasteiger partial charge in [-0.05, 0) is 59.7 Å². The van der Waals surface area contributed by atoms with Crippen molar-refractivity contribution in [2.24, 2.45) is 5.10 Å². The molecule has 0 aliphatic rings. The van der Waals surface area contributed by atoms with Crippen LogP contribution in [0, 0.1) is 5.82 Å². The number of nitrogens with zero attached hydrogens (tertiary/aromatic N) is 1.